The smallest absolute Gasteiger partial charge is 0.276 e. The van der Waals surface area contributed by atoms with E-state index in [0.29, 0.717) is 11.4 Å². The van der Waals surface area contributed by atoms with Crippen molar-refractivity contribution in [2.24, 2.45) is 0 Å². The number of carbonyl (C=O) groups excluding carboxylic acids is 1. The Morgan fingerprint density at radius 1 is 1.11 bits per heavy atom. The van der Waals surface area contributed by atoms with Crippen LogP contribution in [-0.4, -0.2) is 15.7 Å². The van der Waals surface area contributed by atoms with Gasteiger partial charge in [-0.2, -0.15) is 5.10 Å². The normalized spacial score (nSPS) is 13.2. The molecule has 0 atom stereocenters. The summed E-state index contributed by atoms with van der Waals surface area (Å²) < 4.78 is 15.0. The minimum atomic E-state index is -0.351. The second-order valence-corrected chi connectivity index (χ2v) is 7.49. The van der Waals surface area contributed by atoms with Gasteiger partial charge in [-0.15, -0.1) is 0 Å². The molecule has 144 valence electrons. The quantitative estimate of drug-likeness (QED) is 0.585. The molecule has 0 fully saturated rings. The van der Waals surface area contributed by atoms with Gasteiger partial charge in [-0.05, 0) is 62.1 Å². The maximum Gasteiger partial charge on any atom is 0.276 e. The van der Waals surface area contributed by atoms with Crippen LogP contribution in [0, 0.1) is 5.82 Å². The third kappa shape index (κ3) is 3.45. The van der Waals surface area contributed by atoms with E-state index >= 15 is 0 Å². The fraction of sp³-hybridized carbons (Fsp3) is 0.200. The van der Waals surface area contributed by atoms with Gasteiger partial charge >= 0.3 is 0 Å². The van der Waals surface area contributed by atoms with Gasteiger partial charge in [0.1, 0.15) is 5.82 Å². The highest BCUT2D eigenvalue weighted by Crippen LogP contribution is 2.32. The fourth-order valence-corrected chi connectivity index (χ4v) is 3.91. The third-order valence-corrected chi connectivity index (χ3v) is 5.43. The second kappa shape index (κ2) is 7.45. The number of hydrogen-bond donors (Lipinski definition) is 2. The molecule has 1 amide bonds. The van der Waals surface area contributed by atoms with Gasteiger partial charge in [0.05, 0.1) is 21.4 Å². The third-order valence-electron chi connectivity index (χ3n) is 4.80. The summed E-state index contributed by atoms with van der Waals surface area (Å²) in [6.07, 6.45) is 3.58. The van der Waals surface area contributed by atoms with Crippen LogP contribution in [0.4, 0.5) is 15.8 Å². The minimum absolute atomic E-state index is 0.263. The van der Waals surface area contributed by atoms with E-state index in [2.05, 4.69) is 10.4 Å². The van der Waals surface area contributed by atoms with Crippen LogP contribution in [-0.2, 0) is 12.8 Å². The number of nitrogens with zero attached hydrogens (tertiary/aromatic N) is 2. The van der Waals surface area contributed by atoms with Crippen molar-refractivity contribution in [3.05, 3.63) is 69.2 Å². The highest BCUT2D eigenvalue weighted by atomic mass is 35.5. The van der Waals surface area contributed by atoms with Crippen LogP contribution in [0.5, 0.6) is 0 Å². The SMILES string of the molecule is Nc1c(Cl)cc(NC(=O)c2nn(-c3ccc(F)cc3)c3c2CCCC3)cc1Cl. The zero-order valence-corrected chi connectivity index (χ0v) is 16.3. The summed E-state index contributed by atoms with van der Waals surface area (Å²) in [7, 11) is 0. The topological polar surface area (TPSA) is 72.9 Å². The molecule has 0 bridgehead atoms. The van der Waals surface area contributed by atoms with Crippen LogP contribution in [0.1, 0.15) is 34.6 Å². The first-order chi connectivity index (χ1) is 13.4. The summed E-state index contributed by atoms with van der Waals surface area (Å²) in [5.74, 6) is -0.671. The van der Waals surface area contributed by atoms with E-state index in [-0.39, 0.29) is 27.5 Å². The Hall–Kier alpha value is -2.57. The van der Waals surface area contributed by atoms with Crippen molar-refractivity contribution < 1.29 is 9.18 Å². The van der Waals surface area contributed by atoms with Crippen molar-refractivity contribution >= 4 is 40.5 Å². The van der Waals surface area contributed by atoms with E-state index in [9.17, 15) is 9.18 Å². The molecule has 1 aliphatic carbocycles. The molecule has 2 aromatic carbocycles. The zero-order valence-electron chi connectivity index (χ0n) is 14.8. The highest BCUT2D eigenvalue weighted by molar-refractivity contribution is 6.39. The van der Waals surface area contributed by atoms with Crippen molar-refractivity contribution in [3.8, 4) is 5.69 Å². The summed E-state index contributed by atoms with van der Waals surface area (Å²) in [6.45, 7) is 0. The van der Waals surface area contributed by atoms with E-state index in [4.69, 9.17) is 28.9 Å². The van der Waals surface area contributed by atoms with Crippen LogP contribution >= 0.6 is 23.2 Å². The second-order valence-electron chi connectivity index (χ2n) is 6.68. The van der Waals surface area contributed by atoms with Gasteiger partial charge in [-0.25, -0.2) is 9.07 Å². The summed E-state index contributed by atoms with van der Waals surface area (Å²) in [5, 5.41) is 7.86. The van der Waals surface area contributed by atoms with Gasteiger partial charge in [0.15, 0.2) is 5.69 Å². The molecule has 0 unspecified atom stereocenters. The minimum Gasteiger partial charge on any atom is -0.396 e. The number of nitrogen functional groups attached to an aromatic ring is 1. The summed E-state index contributed by atoms with van der Waals surface area (Å²) >= 11 is 12.1. The maximum absolute atomic E-state index is 13.3. The Morgan fingerprint density at radius 3 is 2.43 bits per heavy atom. The van der Waals surface area contributed by atoms with Crippen molar-refractivity contribution in [1.29, 1.82) is 0 Å². The number of anilines is 2. The Labute approximate surface area is 171 Å². The van der Waals surface area contributed by atoms with Crippen LogP contribution in [0.3, 0.4) is 0 Å². The largest absolute Gasteiger partial charge is 0.396 e. The van der Waals surface area contributed by atoms with Crippen LogP contribution in [0.2, 0.25) is 10.0 Å². The lowest BCUT2D eigenvalue weighted by molar-refractivity contribution is 0.102. The standard InChI is InChI=1S/C20H17Cl2FN4O/c21-15-9-12(10-16(22)18(15)24)25-20(28)19-14-3-1-2-4-17(14)27(26-19)13-7-5-11(23)6-8-13/h5-10H,1-4,24H2,(H,25,28). The summed E-state index contributed by atoms with van der Waals surface area (Å²) in [5.41, 5.74) is 9.42. The molecule has 1 aromatic heterocycles. The number of nitrogens with one attached hydrogen (secondary N) is 1. The molecular weight excluding hydrogens is 402 g/mol. The molecule has 28 heavy (non-hydrogen) atoms. The lowest BCUT2D eigenvalue weighted by Gasteiger charge is -2.14. The van der Waals surface area contributed by atoms with Gasteiger partial charge in [-0.3, -0.25) is 4.79 Å². The van der Waals surface area contributed by atoms with Gasteiger partial charge < -0.3 is 11.1 Å². The van der Waals surface area contributed by atoms with Crippen LogP contribution in [0.25, 0.3) is 5.69 Å². The monoisotopic (exact) mass is 418 g/mol. The van der Waals surface area contributed by atoms with E-state index in [1.54, 1.807) is 28.9 Å². The first-order valence-electron chi connectivity index (χ1n) is 8.86. The number of hydrogen-bond acceptors (Lipinski definition) is 3. The number of rotatable bonds is 3. The van der Waals surface area contributed by atoms with Gasteiger partial charge in [0.2, 0.25) is 0 Å². The lowest BCUT2D eigenvalue weighted by atomic mass is 9.95. The predicted octanol–water partition coefficient (Wildman–Crippen LogP) is 5.03. The van der Waals surface area contributed by atoms with Gasteiger partial charge in [-0.1, -0.05) is 23.2 Å². The molecule has 8 heteroatoms. The van der Waals surface area contributed by atoms with Gasteiger partial charge in [0, 0.05) is 16.9 Å². The summed E-state index contributed by atoms with van der Waals surface area (Å²) in [6, 6.07) is 9.15. The molecule has 5 nitrogen and oxygen atoms in total. The fourth-order valence-electron chi connectivity index (χ4n) is 3.42. The summed E-state index contributed by atoms with van der Waals surface area (Å²) in [4.78, 5) is 12.9. The van der Waals surface area contributed by atoms with Crippen molar-refractivity contribution in [2.75, 3.05) is 11.1 Å². The highest BCUT2D eigenvalue weighted by Gasteiger charge is 2.26. The van der Waals surface area contributed by atoms with E-state index in [1.807, 2.05) is 0 Å². The van der Waals surface area contributed by atoms with E-state index < -0.39 is 0 Å². The average Bonchev–Trinajstić information content (AvgIpc) is 3.06. The molecule has 1 aliphatic rings. The first-order valence-corrected chi connectivity index (χ1v) is 9.62. The number of aromatic nitrogens is 2. The Morgan fingerprint density at radius 2 is 1.75 bits per heavy atom. The lowest BCUT2D eigenvalue weighted by Crippen LogP contribution is -2.15. The first kappa shape index (κ1) is 18.8. The Balaban J connectivity index is 1.71. The molecule has 0 saturated heterocycles. The Kier molecular flexibility index (Phi) is 5.00. The van der Waals surface area contributed by atoms with Crippen LogP contribution in [0.15, 0.2) is 36.4 Å². The number of halogens is 3. The molecule has 0 spiro atoms. The number of benzene rings is 2. The molecule has 4 rings (SSSR count). The van der Waals surface area contributed by atoms with E-state index in [1.165, 1.54) is 12.1 Å². The molecule has 0 aliphatic heterocycles. The number of carbonyl (C=O) groups is 1. The molecular formula is C20H17Cl2FN4O. The van der Waals surface area contributed by atoms with Crippen molar-refractivity contribution in [2.45, 2.75) is 25.7 Å². The number of nitrogens with two attached hydrogens (primary N) is 1. The van der Waals surface area contributed by atoms with Crippen LogP contribution < -0.4 is 11.1 Å². The molecule has 3 N–H and O–H groups in total. The molecule has 3 aromatic rings. The molecule has 0 saturated carbocycles. The number of fused-ring (bicyclic) bond motifs is 1. The molecule has 1 heterocycles. The number of amides is 1. The zero-order chi connectivity index (χ0) is 19.8. The van der Waals surface area contributed by atoms with Gasteiger partial charge in [0.25, 0.3) is 5.91 Å². The Bertz CT molecular complexity index is 1040. The predicted molar refractivity (Wildman–Crippen MR) is 109 cm³/mol. The van der Waals surface area contributed by atoms with Crippen molar-refractivity contribution in [1.82, 2.24) is 9.78 Å². The molecule has 0 radical (unpaired) electrons. The maximum atomic E-state index is 13.3. The van der Waals surface area contributed by atoms with E-state index in [0.717, 1.165) is 42.6 Å². The van der Waals surface area contributed by atoms with Crippen molar-refractivity contribution in [3.63, 3.8) is 0 Å². The average molecular weight is 419 g/mol.